The van der Waals surface area contributed by atoms with E-state index in [1.54, 1.807) is 7.11 Å². The van der Waals surface area contributed by atoms with Gasteiger partial charge in [0.2, 0.25) is 0 Å². The number of hydrogen-bond donors (Lipinski definition) is 0. The summed E-state index contributed by atoms with van der Waals surface area (Å²) in [4.78, 5) is 6.82. The summed E-state index contributed by atoms with van der Waals surface area (Å²) < 4.78 is 11.1. The number of pyridine rings is 1. The van der Waals surface area contributed by atoms with Gasteiger partial charge in [0, 0.05) is 25.8 Å². The van der Waals surface area contributed by atoms with Gasteiger partial charge in [0.1, 0.15) is 5.75 Å². The molecule has 0 spiro atoms. The van der Waals surface area contributed by atoms with Crippen molar-refractivity contribution in [2.75, 3.05) is 26.8 Å². The SMILES string of the molecule is COc1ccc(C[C@@H]2CN(Cc3ccccn3)CCO2)cc1. The summed E-state index contributed by atoms with van der Waals surface area (Å²) in [5.74, 6) is 0.894. The lowest BCUT2D eigenvalue weighted by atomic mass is 10.1. The summed E-state index contributed by atoms with van der Waals surface area (Å²) in [7, 11) is 1.69. The quantitative estimate of drug-likeness (QED) is 0.849. The van der Waals surface area contributed by atoms with E-state index in [1.165, 1.54) is 5.56 Å². The molecule has 4 heteroatoms. The molecule has 1 atom stereocenters. The number of aromatic nitrogens is 1. The second-order valence-corrected chi connectivity index (χ2v) is 5.60. The molecule has 0 radical (unpaired) electrons. The Hall–Kier alpha value is -1.91. The number of morpholine rings is 1. The zero-order valence-electron chi connectivity index (χ0n) is 12.9. The van der Waals surface area contributed by atoms with Crippen LogP contribution in [-0.2, 0) is 17.7 Å². The molecule has 1 aliphatic rings. The van der Waals surface area contributed by atoms with Crippen LogP contribution in [0.5, 0.6) is 5.75 Å². The number of methoxy groups -OCH3 is 1. The number of benzene rings is 1. The Labute approximate surface area is 131 Å². The minimum absolute atomic E-state index is 0.242. The first-order valence-electron chi connectivity index (χ1n) is 7.70. The van der Waals surface area contributed by atoms with E-state index in [0.717, 1.165) is 44.1 Å². The Morgan fingerprint density at radius 1 is 1.23 bits per heavy atom. The molecule has 0 saturated carbocycles. The summed E-state index contributed by atoms with van der Waals surface area (Å²) in [5, 5.41) is 0. The standard InChI is InChI=1S/C18H22N2O2/c1-21-17-7-5-15(6-8-17)12-18-14-20(10-11-22-18)13-16-4-2-3-9-19-16/h2-9,18H,10-14H2,1H3/t18-/m1/s1. The Kier molecular flexibility index (Phi) is 5.03. The number of hydrogen-bond acceptors (Lipinski definition) is 4. The monoisotopic (exact) mass is 298 g/mol. The molecule has 0 amide bonds. The summed E-state index contributed by atoms with van der Waals surface area (Å²) in [6, 6.07) is 14.3. The fourth-order valence-electron chi connectivity index (χ4n) is 2.79. The first-order chi connectivity index (χ1) is 10.8. The molecule has 22 heavy (non-hydrogen) atoms. The zero-order valence-corrected chi connectivity index (χ0v) is 12.9. The third kappa shape index (κ3) is 4.06. The zero-order chi connectivity index (χ0) is 15.2. The molecule has 116 valence electrons. The minimum Gasteiger partial charge on any atom is -0.497 e. The van der Waals surface area contributed by atoms with Crippen LogP contribution in [-0.4, -0.2) is 42.8 Å². The predicted molar refractivity (Wildman–Crippen MR) is 86.0 cm³/mol. The van der Waals surface area contributed by atoms with Gasteiger partial charge in [-0.25, -0.2) is 0 Å². The molecule has 4 nitrogen and oxygen atoms in total. The lowest BCUT2D eigenvalue weighted by Crippen LogP contribution is -2.42. The van der Waals surface area contributed by atoms with Crippen molar-refractivity contribution < 1.29 is 9.47 Å². The average molecular weight is 298 g/mol. The molecule has 2 aromatic rings. The van der Waals surface area contributed by atoms with Crippen LogP contribution < -0.4 is 4.74 Å². The molecule has 1 aromatic heterocycles. The normalized spacial score (nSPS) is 19.0. The van der Waals surface area contributed by atoms with Crippen LogP contribution in [0.25, 0.3) is 0 Å². The number of nitrogens with zero attached hydrogens (tertiary/aromatic N) is 2. The molecule has 1 fully saturated rings. The molecule has 1 aromatic carbocycles. The van der Waals surface area contributed by atoms with Crippen LogP contribution in [0, 0.1) is 0 Å². The van der Waals surface area contributed by atoms with Gasteiger partial charge in [-0.15, -0.1) is 0 Å². The fourth-order valence-corrected chi connectivity index (χ4v) is 2.79. The van der Waals surface area contributed by atoms with E-state index in [2.05, 4.69) is 28.1 Å². The first-order valence-corrected chi connectivity index (χ1v) is 7.70. The largest absolute Gasteiger partial charge is 0.497 e. The topological polar surface area (TPSA) is 34.6 Å². The van der Waals surface area contributed by atoms with Crippen LogP contribution in [0.4, 0.5) is 0 Å². The molecule has 2 heterocycles. The minimum atomic E-state index is 0.242. The molecule has 1 aliphatic heterocycles. The maximum absolute atomic E-state index is 5.91. The summed E-state index contributed by atoms with van der Waals surface area (Å²) >= 11 is 0. The van der Waals surface area contributed by atoms with Gasteiger partial charge in [-0.1, -0.05) is 18.2 Å². The third-order valence-corrected chi connectivity index (χ3v) is 3.96. The Balaban J connectivity index is 1.55. The van der Waals surface area contributed by atoms with Gasteiger partial charge in [0.15, 0.2) is 0 Å². The third-order valence-electron chi connectivity index (χ3n) is 3.96. The van der Waals surface area contributed by atoms with Crippen molar-refractivity contribution >= 4 is 0 Å². The first kappa shape index (κ1) is 15.0. The van der Waals surface area contributed by atoms with E-state index in [9.17, 15) is 0 Å². The summed E-state index contributed by atoms with van der Waals surface area (Å²) in [6.07, 6.45) is 3.03. The highest BCUT2D eigenvalue weighted by molar-refractivity contribution is 5.27. The maximum atomic E-state index is 5.91. The van der Waals surface area contributed by atoms with Crippen molar-refractivity contribution in [1.82, 2.24) is 9.88 Å². The smallest absolute Gasteiger partial charge is 0.118 e. The summed E-state index contributed by atoms with van der Waals surface area (Å²) in [5.41, 5.74) is 2.40. The summed E-state index contributed by atoms with van der Waals surface area (Å²) in [6.45, 7) is 3.59. The van der Waals surface area contributed by atoms with Crippen LogP contribution in [0.15, 0.2) is 48.7 Å². The van der Waals surface area contributed by atoms with Gasteiger partial charge < -0.3 is 9.47 Å². The van der Waals surface area contributed by atoms with Crippen LogP contribution in [0.2, 0.25) is 0 Å². The highest BCUT2D eigenvalue weighted by Gasteiger charge is 2.21. The number of ether oxygens (including phenoxy) is 2. The number of rotatable bonds is 5. The van der Waals surface area contributed by atoms with Crippen molar-refractivity contribution in [2.24, 2.45) is 0 Å². The maximum Gasteiger partial charge on any atom is 0.118 e. The van der Waals surface area contributed by atoms with Crippen LogP contribution in [0.3, 0.4) is 0 Å². The lowest BCUT2D eigenvalue weighted by Gasteiger charge is -2.32. The molecule has 0 bridgehead atoms. The molecule has 3 rings (SSSR count). The highest BCUT2D eigenvalue weighted by Crippen LogP contribution is 2.16. The van der Waals surface area contributed by atoms with E-state index in [0.29, 0.717) is 0 Å². The van der Waals surface area contributed by atoms with Crippen molar-refractivity contribution in [3.63, 3.8) is 0 Å². The molecule has 1 saturated heterocycles. The molecule has 0 unspecified atom stereocenters. The van der Waals surface area contributed by atoms with Crippen LogP contribution >= 0.6 is 0 Å². The van der Waals surface area contributed by atoms with E-state index >= 15 is 0 Å². The van der Waals surface area contributed by atoms with Gasteiger partial charge in [0.25, 0.3) is 0 Å². The van der Waals surface area contributed by atoms with Gasteiger partial charge in [0.05, 0.1) is 25.5 Å². The highest BCUT2D eigenvalue weighted by atomic mass is 16.5. The Morgan fingerprint density at radius 2 is 2.09 bits per heavy atom. The van der Waals surface area contributed by atoms with E-state index in [4.69, 9.17) is 9.47 Å². The van der Waals surface area contributed by atoms with Crippen molar-refractivity contribution in [3.05, 3.63) is 59.9 Å². The van der Waals surface area contributed by atoms with Crippen molar-refractivity contribution in [3.8, 4) is 5.75 Å². The van der Waals surface area contributed by atoms with E-state index in [1.807, 2.05) is 30.5 Å². The van der Waals surface area contributed by atoms with Gasteiger partial charge in [-0.05, 0) is 36.2 Å². The predicted octanol–water partition coefficient (Wildman–Crippen LogP) is 2.53. The van der Waals surface area contributed by atoms with Gasteiger partial charge in [-0.2, -0.15) is 0 Å². The molecular weight excluding hydrogens is 276 g/mol. The van der Waals surface area contributed by atoms with E-state index < -0.39 is 0 Å². The van der Waals surface area contributed by atoms with E-state index in [-0.39, 0.29) is 6.10 Å². The Morgan fingerprint density at radius 3 is 2.82 bits per heavy atom. The lowest BCUT2D eigenvalue weighted by molar-refractivity contribution is -0.0308. The molecular formula is C18H22N2O2. The molecule has 0 N–H and O–H groups in total. The van der Waals surface area contributed by atoms with Crippen molar-refractivity contribution in [1.29, 1.82) is 0 Å². The van der Waals surface area contributed by atoms with Gasteiger partial charge in [-0.3, -0.25) is 9.88 Å². The fraction of sp³-hybridized carbons (Fsp3) is 0.389. The second kappa shape index (κ2) is 7.38. The molecule has 0 aliphatic carbocycles. The Bertz CT molecular complexity index is 571. The second-order valence-electron chi connectivity index (χ2n) is 5.60. The van der Waals surface area contributed by atoms with Crippen LogP contribution in [0.1, 0.15) is 11.3 Å². The van der Waals surface area contributed by atoms with Gasteiger partial charge >= 0.3 is 0 Å². The van der Waals surface area contributed by atoms with Crippen molar-refractivity contribution in [2.45, 2.75) is 19.1 Å². The average Bonchev–Trinajstić information content (AvgIpc) is 2.57.